The van der Waals surface area contributed by atoms with E-state index in [0.717, 1.165) is 46.6 Å². The van der Waals surface area contributed by atoms with Crippen molar-refractivity contribution in [3.63, 3.8) is 0 Å². The van der Waals surface area contributed by atoms with Crippen LogP contribution in [0.5, 0.6) is 5.75 Å². The van der Waals surface area contributed by atoms with Gasteiger partial charge in [-0.1, -0.05) is 12.1 Å². The molecule has 11 heteroatoms. The smallest absolute Gasteiger partial charge is 0.406 e. The standard InChI is InChI=1S/C30H27F3N6O2/c1-20-28(26-4-2-3-13-39(26)36-20)29(40)34-19-21-5-11-25-22(18-21)6-12-27(35-25)38-16-14-37(15-17-38)23-7-9-24(10-8-23)41-30(31,32)33/h2-13,18H,14-17,19H2,1H3,(H,34,40). The number of ether oxygens (including phenoxy) is 1. The number of aromatic nitrogens is 3. The number of fused-ring (bicyclic) bond motifs is 2. The number of alkyl halides is 3. The quantitative estimate of drug-likeness (QED) is 0.302. The highest BCUT2D eigenvalue weighted by Crippen LogP contribution is 2.27. The SMILES string of the molecule is Cc1nn2ccccc2c1C(=O)NCc1ccc2nc(N3CCN(c4ccc(OC(F)(F)F)cc4)CC3)ccc2c1. The first-order chi connectivity index (χ1) is 19.7. The first-order valence-corrected chi connectivity index (χ1v) is 13.2. The average molecular weight is 561 g/mol. The number of piperazine rings is 1. The Bertz CT molecular complexity index is 1710. The number of nitrogens with zero attached hydrogens (tertiary/aromatic N) is 5. The Hall–Kier alpha value is -4.80. The van der Waals surface area contributed by atoms with E-state index in [1.54, 1.807) is 16.6 Å². The maximum Gasteiger partial charge on any atom is 0.573 e. The molecule has 8 nitrogen and oxygen atoms in total. The second kappa shape index (κ2) is 10.6. The van der Waals surface area contributed by atoms with Gasteiger partial charge in [0.15, 0.2) is 0 Å². The third kappa shape index (κ3) is 5.74. The van der Waals surface area contributed by atoms with Gasteiger partial charge in [-0.15, -0.1) is 13.2 Å². The summed E-state index contributed by atoms with van der Waals surface area (Å²) < 4.78 is 42.9. The zero-order valence-electron chi connectivity index (χ0n) is 22.2. The summed E-state index contributed by atoms with van der Waals surface area (Å²) in [6.45, 7) is 5.09. The second-order valence-electron chi connectivity index (χ2n) is 9.89. The van der Waals surface area contributed by atoms with E-state index in [0.29, 0.717) is 30.9 Å². The predicted octanol–water partition coefficient (Wildman–Crippen LogP) is 5.35. The molecule has 0 bridgehead atoms. The molecule has 5 aromatic rings. The Labute approximate surface area is 234 Å². The van der Waals surface area contributed by atoms with Crippen LogP contribution in [-0.4, -0.2) is 53.0 Å². The van der Waals surface area contributed by atoms with Crippen molar-refractivity contribution < 1.29 is 22.7 Å². The number of hydrogen-bond donors (Lipinski definition) is 1. The van der Waals surface area contributed by atoms with Gasteiger partial charge in [0.1, 0.15) is 11.6 Å². The molecule has 1 aliphatic rings. The number of carbonyl (C=O) groups is 1. The van der Waals surface area contributed by atoms with Crippen molar-refractivity contribution in [2.24, 2.45) is 0 Å². The Morgan fingerprint density at radius 1 is 0.951 bits per heavy atom. The molecule has 210 valence electrons. The summed E-state index contributed by atoms with van der Waals surface area (Å²) in [4.78, 5) is 22.1. The molecule has 1 saturated heterocycles. The number of amides is 1. The molecule has 1 fully saturated rings. The largest absolute Gasteiger partial charge is 0.573 e. The molecule has 2 aromatic carbocycles. The van der Waals surface area contributed by atoms with Crippen molar-refractivity contribution >= 4 is 33.8 Å². The minimum Gasteiger partial charge on any atom is -0.406 e. The number of aryl methyl sites for hydroxylation is 1. The van der Waals surface area contributed by atoms with E-state index in [2.05, 4.69) is 25.0 Å². The molecule has 1 aliphatic heterocycles. The summed E-state index contributed by atoms with van der Waals surface area (Å²) in [7, 11) is 0. The molecule has 0 unspecified atom stereocenters. The van der Waals surface area contributed by atoms with Crippen molar-refractivity contribution in [1.29, 1.82) is 0 Å². The van der Waals surface area contributed by atoms with E-state index in [9.17, 15) is 18.0 Å². The topological polar surface area (TPSA) is 75.0 Å². The van der Waals surface area contributed by atoms with E-state index >= 15 is 0 Å². The maximum absolute atomic E-state index is 12.9. The summed E-state index contributed by atoms with van der Waals surface area (Å²) in [5.74, 6) is 0.477. The lowest BCUT2D eigenvalue weighted by Crippen LogP contribution is -2.46. The minimum absolute atomic E-state index is 0.165. The third-order valence-electron chi connectivity index (χ3n) is 7.17. The van der Waals surface area contributed by atoms with Crippen LogP contribution in [0.4, 0.5) is 24.7 Å². The maximum atomic E-state index is 12.9. The summed E-state index contributed by atoms with van der Waals surface area (Å²) >= 11 is 0. The van der Waals surface area contributed by atoms with Crippen LogP contribution in [0.15, 0.2) is 79.0 Å². The van der Waals surface area contributed by atoms with Crippen LogP contribution in [0.25, 0.3) is 16.4 Å². The number of anilines is 2. The second-order valence-corrected chi connectivity index (χ2v) is 9.89. The summed E-state index contributed by atoms with van der Waals surface area (Å²) in [6.07, 6.45) is -2.88. The molecule has 1 amide bonds. The highest BCUT2D eigenvalue weighted by molar-refractivity contribution is 6.02. The van der Waals surface area contributed by atoms with E-state index < -0.39 is 6.36 Å². The number of pyridine rings is 2. The van der Waals surface area contributed by atoms with Gasteiger partial charge in [0.25, 0.3) is 5.91 Å². The van der Waals surface area contributed by atoms with Crippen LogP contribution < -0.4 is 19.9 Å². The van der Waals surface area contributed by atoms with E-state index in [-0.39, 0.29) is 11.7 Å². The third-order valence-corrected chi connectivity index (χ3v) is 7.17. The molecular formula is C30H27F3N6O2. The Kier molecular flexibility index (Phi) is 6.86. The number of hydrogen-bond acceptors (Lipinski definition) is 6. The van der Waals surface area contributed by atoms with Gasteiger partial charge in [-0.25, -0.2) is 9.50 Å². The fourth-order valence-corrected chi connectivity index (χ4v) is 5.17. The summed E-state index contributed by atoms with van der Waals surface area (Å²) in [5, 5.41) is 8.40. The molecule has 1 N–H and O–H groups in total. The normalized spacial score (nSPS) is 14.0. The van der Waals surface area contributed by atoms with Crippen molar-refractivity contribution in [2.45, 2.75) is 19.8 Å². The molecule has 0 spiro atoms. The van der Waals surface area contributed by atoms with E-state index in [1.165, 1.54) is 12.1 Å². The van der Waals surface area contributed by atoms with E-state index in [4.69, 9.17) is 4.98 Å². The molecule has 0 aliphatic carbocycles. The molecule has 41 heavy (non-hydrogen) atoms. The van der Waals surface area contributed by atoms with Gasteiger partial charge < -0.3 is 19.9 Å². The number of rotatable bonds is 6. The molecule has 3 aromatic heterocycles. The van der Waals surface area contributed by atoms with Gasteiger partial charge in [-0.2, -0.15) is 5.10 Å². The average Bonchev–Trinajstić information content (AvgIpc) is 3.31. The first-order valence-electron chi connectivity index (χ1n) is 13.2. The fourth-order valence-electron chi connectivity index (χ4n) is 5.17. The molecule has 6 rings (SSSR count). The highest BCUT2D eigenvalue weighted by Gasteiger charge is 2.31. The number of benzene rings is 2. The van der Waals surface area contributed by atoms with Crippen LogP contribution in [0.3, 0.4) is 0 Å². The van der Waals surface area contributed by atoms with Crippen LogP contribution in [0, 0.1) is 6.92 Å². The zero-order valence-corrected chi connectivity index (χ0v) is 22.2. The van der Waals surface area contributed by atoms with Crippen molar-refractivity contribution in [3.8, 4) is 5.75 Å². The lowest BCUT2D eigenvalue weighted by Gasteiger charge is -2.36. The van der Waals surface area contributed by atoms with Gasteiger partial charge in [0.05, 0.1) is 22.3 Å². The number of carbonyl (C=O) groups excluding carboxylic acids is 1. The molecule has 0 atom stereocenters. The highest BCUT2D eigenvalue weighted by atomic mass is 19.4. The van der Waals surface area contributed by atoms with Crippen molar-refractivity contribution in [2.75, 3.05) is 36.0 Å². The van der Waals surface area contributed by atoms with Gasteiger partial charge in [-0.05, 0) is 73.2 Å². The lowest BCUT2D eigenvalue weighted by atomic mass is 10.1. The zero-order chi connectivity index (χ0) is 28.6. The summed E-state index contributed by atoms with van der Waals surface area (Å²) in [6, 6.07) is 21.6. The predicted molar refractivity (Wildman–Crippen MR) is 150 cm³/mol. The van der Waals surface area contributed by atoms with Crippen molar-refractivity contribution in [3.05, 3.63) is 95.8 Å². The van der Waals surface area contributed by atoms with Gasteiger partial charge in [0.2, 0.25) is 0 Å². The van der Waals surface area contributed by atoms with Crippen LogP contribution in [0.2, 0.25) is 0 Å². The number of halogens is 3. The number of nitrogens with one attached hydrogen (secondary N) is 1. The minimum atomic E-state index is -4.70. The Morgan fingerprint density at radius 2 is 1.71 bits per heavy atom. The molecule has 0 radical (unpaired) electrons. The van der Waals surface area contributed by atoms with Crippen LogP contribution in [-0.2, 0) is 6.54 Å². The van der Waals surface area contributed by atoms with Crippen LogP contribution >= 0.6 is 0 Å². The Balaban J connectivity index is 1.07. The van der Waals surface area contributed by atoms with Gasteiger partial charge in [-0.3, -0.25) is 4.79 Å². The van der Waals surface area contributed by atoms with Crippen LogP contribution in [0.1, 0.15) is 21.6 Å². The van der Waals surface area contributed by atoms with Gasteiger partial charge in [0, 0.05) is 50.0 Å². The monoisotopic (exact) mass is 560 g/mol. The van der Waals surface area contributed by atoms with Gasteiger partial charge >= 0.3 is 6.36 Å². The van der Waals surface area contributed by atoms with Crippen molar-refractivity contribution in [1.82, 2.24) is 19.9 Å². The van der Waals surface area contributed by atoms with E-state index in [1.807, 2.05) is 61.7 Å². The summed E-state index contributed by atoms with van der Waals surface area (Å²) in [5.41, 5.74) is 4.70. The molecular weight excluding hydrogens is 533 g/mol. The Morgan fingerprint density at radius 3 is 2.46 bits per heavy atom. The molecule has 4 heterocycles. The molecule has 0 saturated carbocycles. The lowest BCUT2D eigenvalue weighted by molar-refractivity contribution is -0.274. The fraction of sp³-hybridized carbons (Fsp3) is 0.233. The first kappa shape index (κ1) is 26.4.